The number of rotatable bonds is 4. The molecule has 0 saturated carbocycles. The summed E-state index contributed by atoms with van der Waals surface area (Å²) in [5.41, 5.74) is 7.03. The van der Waals surface area contributed by atoms with Gasteiger partial charge in [0.25, 0.3) is 0 Å². The van der Waals surface area contributed by atoms with Gasteiger partial charge in [-0.1, -0.05) is 32.0 Å². The van der Waals surface area contributed by atoms with Gasteiger partial charge in [-0.2, -0.15) is 0 Å². The van der Waals surface area contributed by atoms with Crippen LogP contribution in [-0.2, 0) is 11.4 Å². The summed E-state index contributed by atoms with van der Waals surface area (Å²) in [5.74, 6) is -0.141. The monoisotopic (exact) mass is 222 g/mol. The number of nitrogens with two attached hydrogens (primary N) is 1. The Morgan fingerprint density at radius 3 is 2.62 bits per heavy atom. The number of benzene rings is 1. The molecule has 0 aliphatic rings. The maximum atomic E-state index is 11.7. The van der Waals surface area contributed by atoms with Gasteiger partial charge >= 0.3 is 0 Å². The Morgan fingerprint density at radius 2 is 2.06 bits per heavy atom. The lowest BCUT2D eigenvalue weighted by atomic mass is 10.0. The van der Waals surface area contributed by atoms with Crippen LogP contribution in [0.1, 0.15) is 19.4 Å². The minimum absolute atomic E-state index is 0.0845. The standard InChI is InChI=1S/C12H18N2O2/c1-8(2)11(13)12(16)14-10-6-4-3-5-9(10)7-15/h3-6,8,11,15H,7,13H2,1-2H3,(H,14,16). The largest absolute Gasteiger partial charge is 0.392 e. The quantitative estimate of drug-likeness (QED) is 0.714. The smallest absolute Gasteiger partial charge is 0.241 e. The van der Waals surface area contributed by atoms with Crippen LogP contribution in [0.25, 0.3) is 0 Å². The average molecular weight is 222 g/mol. The third-order valence-electron chi connectivity index (χ3n) is 2.47. The summed E-state index contributed by atoms with van der Waals surface area (Å²) in [6.07, 6.45) is 0. The molecule has 0 fully saturated rings. The molecule has 0 saturated heterocycles. The lowest BCUT2D eigenvalue weighted by molar-refractivity contribution is -0.118. The number of hydrogen-bond donors (Lipinski definition) is 3. The van der Waals surface area contributed by atoms with Gasteiger partial charge in [-0.05, 0) is 12.0 Å². The van der Waals surface area contributed by atoms with Gasteiger partial charge in [-0.15, -0.1) is 0 Å². The van der Waals surface area contributed by atoms with Crippen molar-refractivity contribution in [2.45, 2.75) is 26.5 Å². The van der Waals surface area contributed by atoms with E-state index in [0.717, 1.165) is 0 Å². The molecule has 16 heavy (non-hydrogen) atoms. The number of aliphatic hydroxyl groups is 1. The Kier molecular flexibility index (Phi) is 4.46. The van der Waals surface area contributed by atoms with Crippen molar-refractivity contribution >= 4 is 11.6 Å². The van der Waals surface area contributed by atoms with E-state index in [-0.39, 0.29) is 18.4 Å². The zero-order chi connectivity index (χ0) is 12.1. The first-order valence-corrected chi connectivity index (χ1v) is 5.31. The molecule has 4 heteroatoms. The second kappa shape index (κ2) is 5.63. The number of carbonyl (C=O) groups is 1. The second-order valence-electron chi connectivity index (χ2n) is 4.07. The number of nitrogens with one attached hydrogen (secondary N) is 1. The average Bonchev–Trinajstić information content (AvgIpc) is 2.28. The molecule has 0 spiro atoms. The molecule has 1 amide bonds. The van der Waals surface area contributed by atoms with Gasteiger partial charge in [0.15, 0.2) is 0 Å². The van der Waals surface area contributed by atoms with E-state index in [0.29, 0.717) is 11.3 Å². The van der Waals surface area contributed by atoms with Gasteiger partial charge in [0.05, 0.1) is 12.6 Å². The third-order valence-corrected chi connectivity index (χ3v) is 2.47. The zero-order valence-corrected chi connectivity index (χ0v) is 9.60. The molecule has 4 nitrogen and oxygen atoms in total. The van der Waals surface area contributed by atoms with Crippen LogP contribution in [0.5, 0.6) is 0 Å². The number of anilines is 1. The Bertz CT molecular complexity index is 364. The van der Waals surface area contributed by atoms with Crippen LogP contribution < -0.4 is 11.1 Å². The van der Waals surface area contributed by atoms with Crippen LogP contribution in [0.15, 0.2) is 24.3 Å². The maximum absolute atomic E-state index is 11.7. The molecular weight excluding hydrogens is 204 g/mol. The molecule has 0 aliphatic heterocycles. The third kappa shape index (κ3) is 3.05. The second-order valence-corrected chi connectivity index (χ2v) is 4.07. The normalized spacial score (nSPS) is 12.6. The van der Waals surface area contributed by atoms with Gasteiger partial charge in [-0.25, -0.2) is 0 Å². The number of aliphatic hydroxyl groups excluding tert-OH is 1. The molecule has 1 atom stereocenters. The SMILES string of the molecule is CC(C)C(N)C(=O)Nc1ccccc1CO. The summed E-state index contributed by atoms with van der Waals surface area (Å²) in [6.45, 7) is 3.68. The topological polar surface area (TPSA) is 75.4 Å². The summed E-state index contributed by atoms with van der Waals surface area (Å²) in [4.78, 5) is 11.7. The van der Waals surface area contributed by atoms with E-state index >= 15 is 0 Å². The molecule has 88 valence electrons. The summed E-state index contributed by atoms with van der Waals surface area (Å²) >= 11 is 0. The number of para-hydroxylation sites is 1. The Balaban J connectivity index is 2.76. The Hall–Kier alpha value is -1.39. The minimum atomic E-state index is -0.535. The Morgan fingerprint density at radius 1 is 1.44 bits per heavy atom. The maximum Gasteiger partial charge on any atom is 0.241 e. The summed E-state index contributed by atoms with van der Waals surface area (Å²) in [7, 11) is 0. The van der Waals surface area contributed by atoms with Gasteiger partial charge in [0.1, 0.15) is 0 Å². The number of amides is 1. The molecule has 1 unspecified atom stereocenters. The van der Waals surface area contributed by atoms with Crippen LogP contribution in [0, 0.1) is 5.92 Å². The summed E-state index contributed by atoms with van der Waals surface area (Å²) in [6, 6.07) is 6.58. The van der Waals surface area contributed by atoms with Gasteiger partial charge in [-0.3, -0.25) is 4.79 Å². The Labute approximate surface area is 95.5 Å². The van der Waals surface area contributed by atoms with Crippen molar-refractivity contribution in [2.75, 3.05) is 5.32 Å². The molecule has 1 aromatic rings. The molecular formula is C12H18N2O2. The molecule has 0 bridgehead atoms. The van der Waals surface area contributed by atoms with E-state index in [4.69, 9.17) is 10.8 Å². The first-order valence-electron chi connectivity index (χ1n) is 5.31. The van der Waals surface area contributed by atoms with Crippen LogP contribution >= 0.6 is 0 Å². The minimum Gasteiger partial charge on any atom is -0.392 e. The summed E-state index contributed by atoms with van der Waals surface area (Å²) < 4.78 is 0. The molecule has 1 aromatic carbocycles. The van der Waals surface area contributed by atoms with Crippen LogP contribution in [0.4, 0.5) is 5.69 Å². The van der Waals surface area contributed by atoms with E-state index < -0.39 is 6.04 Å². The first-order chi connectivity index (χ1) is 7.56. The number of carbonyl (C=O) groups excluding carboxylic acids is 1. The molecule has 0 aromatic heterocycles. The van der Waals surface area contributed by atoms with Gasteiger partial charge in [0.2, 0.25) is 5.91 Å². The predicted molar refractivity (Wildman–Crippen MR) is 63.8 cm³/mol. The van der Waals surface area contributed by atoms with Crippen molar-refractivity contribution in [1.29, 1.82) is 0 Å². The predicted octanol–water partition coefficient (Wildman–Crippen LogP) is 1.10. The highest BCUT2D eigenvalue weighted by Gasteiger charge is 2.17. The van der Waals surface area contributed by atoms with Crippen molar-refractivity contribution in [1.82, 2.24) is 0 Å². The van der Waals surface area contributed by atoms with Gasteiger partial charge in [0, 0.05) is 11.3 Å². The van der Waals surface area contributed by atoms with Crippen molar-refractivity contribution < 1.29 is 9.90 Å². The molecule has 1 rings (SSSR count). The van der Waals surface area contributed by atoms with E-state index in [2.05, 4.69) is 5.32 Å². The molecule has 0 radical (unpaired) electrons. The molecule has 0 heterocycles. The van der Waals surface area contributed by atoms with E-state index in [9.17, 15) is 4.79 Å². The van der Waals surface area contributed by atoms with Crippen molar-refractivity contribution in [2.24, 2.45) is 11.7 Å². The highest BCUT2D eigenvalue weighted by Crippen LogP contribution is 2.15. The van der Waals surface area contributed by atoms with E-state index in [1.165, 1.54) is 0 Å². The zero-order valence-electron chi connectivity index (χ0n) is 9.60. The number of hydrogen-bond acceptors (Lipinski definition) is 3. The van der Waals surface area contributed by atoms with E-state index in [1.807, 2.05) is 19.9 Å². The van der Waals surface area contributed by atoms with Crippen molar-refractivity contribution in [3.05, 3.63) is 29.8 Å². The fourth-order valence-electron chi connectivity index (χ4n) is 1.30. The fraction of sp³-hybridized carbons (Fsp3) is 0.417. The highest BCUT2D eigenvalue weighted by molar-refractivity contribution is 5.95. The van der Waals surface area contributed by atoms with Crippen LogP contribution in [0.3, 0.4) is 0 Å². The van der Waals surface area contributed by atoms with Crippen LogP contribution in [-0.4, -0.2) is 17.1 Å². The molecule has 0 aliphatic carbocycles. The highest BCUT2D eigenvalue weighted by atomic mass is 16.3. The lowest BCUT2D eigenvalue weighted by Crippen LogP contribution is -2.39. The lowest BCUT2D eigenvalue weighted by Gasteiger charge is -2.16. The van der Waals surface area contributed by atoms with Gasteiger partial charge < -0.3 is 16.2 Å². The van der Waals surface area contributed by atoms with Crippen molar-refractivity contribution in [3.8, 4) is 0 Å². The van der Waals surface area contributed by atoms with Crippen LogP contribution in [0.2, 0.25) is 0 Å². The molecule has 4 N–H and O–H groups in total. The fourth-order valence-corrected chi connectivity index (χ4v) is 1.30. The first kappa shape index (κ1) is 12.7. The summed E-state index contributed by atoms with van der Waals surface area (Å²) in [5, 5.41) is 11.8. The van der Waals surface area contributed by atoms with Crippen molar-refractivity contribution in [3.63, 3.8) is 0 Å². The van der Waals surface area contributed by atoms with E-state index in [1.54, 1.807) is 18.2 Å².